The van der Waals surface area contributed by atoms with Crippen molar-refractivity contribution in [2.45, 2.75) is 46.0 Å². The fourth-order valence-electron chi connectivity index (χ4n) is 2.45. The molecule has 1 aromatic rings. The van der Waals surface area contributed by atoms with Gasteiger partial charge in [0.25, 0.3) is 5.91 Å². The minimum absolute atomic E-state index is 0.0543. The molecule has 0 atom stereocenters. The summed E-state index contributed by atoms with van der Waals surface area (Å²) in [6.45, 7) is 4.67. The van der Waals surface area contributed by atoms with Crippen LogP contribution in [0.4, 0.5) is 0 Å². The van der Waals surface area contributed by atoms with Gasteiger partial charge in [-0.15, -0.1) is 11.3 Å². The molecule has 0 radical (unpaired) electrons. The molecule has 4 heteroatoms. The zero-order valence-corrected chi connectivity index (χ0v) is 11.4. The van der Waals surface area contributed by atoms with Crippen molar-refractivity contribution in [2.24, 2.45) is 5.92 Å². The van der Waals surface area contributed by atoms with Gasteiger partial charge in [0, 0.05) is 6.54 Å². The van der Waals surface area contributed by atoms with Crippen LogP contribution in [0.25, 0.3) is 0 Å². The number of nitrogens with zero attached hydrogens (tertiary/aromatic N) is 1. The molecular weight excluding hydrogens is 232 g/mol. The van der Waals surface area contributed by atoms with Crippen molar-refractivity contribution in [1.29, 1.82) is 0 Å². The number of carbonyl (C=O) groups excluding carboxylic acids is 1. The molecule has 0 saturated heterocycles. The van der Waals surface area contributed by atoms with Crippen LogP contribution >= 0.6 is 11.3 Å². The normalized spacial score (nSPS) is 17.1. The molecule has 0 aromatic carbocycles. The SMILES string of the molecule is Cc1nc(C)c(C(=O)NCC2CCCCC2)s1. The van der Waals surface area contributed by atoms with Crippen LogP contribution in [0.5, 0.6) is 0 Å². The highest BCUT2D eigenvalue weighted by Gasteiger charge is 2.17. The van der Waals surface area contributed by atoms with Gasteiger partial charge in [0.05, 0.1) is 10.7 Å². The average Bonchev–Trinajstić information content (AvgIpc) is 2.67. The molecule has 3 nitrogen and oxygen atoms in total. The van der Waals surface area contributed by atoms with Crippen LogP contribution in [-0.4, -0.2) is 17.4 Å². The van der Waals surface area contributed by atoms with E-state index < -0.39 is 0 Å². The zero-order valence-electron chi connectivity index (χ0n) is 10.6. The second-order valence-electron chi connectivity index (χ2n) is 4.86. The lowest BCUT2D eigenvalue weighted by Crippen LogP contribution is -2.30. The highest BCUT2D eigenvalue weighted by Crippen LogP contribution is 2.23. The monoisotopic (exact) mass is 252 g/mol. The number of carbonyl (C=O) groups is 1. The van der Waals surface area contributed by atoms with Crippen molar-refractivity contribution in [2.75, 3.05) is 6.54 Å². The Kier molecular flexibility index (Phi) is 4.15. The maximum atomic E-state index is 12.0. The van der Waals surface area contributed by atoms with E-state index in [2.05, 4.69) is 10.3 Å². The van der Waals surface area contributed by atoms with Crippen LogP contribution in [0.3, 0.4) is 0 Å². The van der Waals surface area contributed by atoms with Crippen LogP contribution < -0.4 is 5.32 Å². The smallest absolute Gasteiger partial charge is 0.263 e. The van der Waals surface area contributed by atoms with Crippen molar-refractivity contribution in [1.82, 2.24) is 10.3 Å². The zero-order chi connectivity index (χ0) is 12.3. The van der Waals surface area contributed by atoms with Crippen molar-refractivity contribution in [3.63, 3.8) is 0 Å². The third kappa shape index (κ3) is 3.28. The molecule has 2 rings (SSSR count). The molecule has 1 amide bonds. The van der Waals surface area contributed by atoms with Gasteiger partial charge in [0.15, 0.2) is 0 Å². The van der Waals surface area contributed by atoms with Gasteiger partial charge in [-0.2, -0.15) is 0 Å². The highest BCUT2D eigenvalue weighted by atomic mass is 32.1. The molecule has 0 bridgehead atoms. The molecule has 1 saturated carbocycles. The fraction of sp³-hybridized carbons (Fsp3) is 0.692. The topological polar surface area (TPSA) is 42.0 Å². The molecule has 1 N–H and O–H groups in total. The van der Waals surface area contributed by atoms with Gasteiger partial charge < -0.3 is 5.32 Å². The quantitative estimate of drug-likeness (QED) is 0.898. The predicted molar refractivity (Wildman–Crippen MR) is 70.5 cm³/mol. The van der Waals surface area contributed by atoms with E-state index in [1.54, 1.807) is 0 Å². The van der Waals surface area contributed by atoms with Crippen LogP contribution in [0.15, 0.2) is 0 Å². The molecule has 0 spiro atoms. The molecule has 94 valence electrons. The summed E-state index contributed by atoms with van der Waals surface area (Å²) in [4.78, 5) is 17.0. The minimum atomic E-state index is 0.0543. The largest absolute Gasteiger partial charge is 0.351 e. The van der Waals surface area contributed by atoms with E-state index in [0.717, 1.165) is 22.1 Å². The number of hydrogen-bond donors (Lipinski definition) is 1. The Balaban J connectivity index is 1.86. The Bertz CT molecular complexity index is 394. The van der Waals surface area contributed by atoms with Gasteiger partial charge >= 0.3 is 0 Å². The molecular formula is C13H20N2OS. The van der Waals surface area contributed by atoms with Gasteiger partial charge in [-0.3, -0.25) is 4.79 Å². The third-order valence-electron chi connectivity index (χ3n) is 3.39. The van der Waals surface area contributed by atoms with Gasteiger partial charge in [-0.25, -0.2) is 4.98 Å². The Morgan fingerprint density at radius 3 is 2.65 bits per heavy atom. The van der Waals surface area contributed by atoms with Crippen LogP contribution in [0, 0.1) is 19.8 Å². The van der Waals surface area contributed by atoms with Crippen molar-refractivity contribution in [3.05, 3.63) is 15.6 Å². The first kappa shape index (κ1) is 12.6. The van der Waals surface area contributed by atoms with Crippen LogP contribution in [0.1, 0.15) is 52.5 Å². The first-order valence-electron chi connectivity index (χ1n) is 6.39. The molecule has 1 heterocycles. The van der Waals surface area contributed by atoms with Crippen molar-refractivity contribution >= 4 is 17.2 Å². The standard InChI is InChI=1S/C13H20N2OS/c1-9-12(17-10(2)15-9)13(16)14-8-11-6-4-3-5-7-11/h11H,3-8H2,1-2H3,(H,14,16). The summed E-state index contributed by atoms with van der Waals surface area (Å²) in [5.74, 6) is 0.737. The molecule has 17 heavy (non-hydrogen) atoms. The van der Waals surface area contributed by atoms with E-state index in [9.17, 15) is 4.79 Å². The van der Waals surface area contributed by atoms with E-state index in [4.69, 9.17) is 0 Å². The average molecular weight is 252 g/mol. The number of nitrogens with one attached hydrogen (secondary N) is 1. The van der Waals surface area contributed by atoms with E-state index in [1.807, 2.05) is 13.8 Å². The molecule has 1 fully saturated rings. The molecule has 0 aliphatic heterocycles. The molecule has 0 unspecified atom stereocenters. The first-order chi connectivity index (χ1) is 8.16. The maximum absolute atomic E-state index is 12.0. The lowest BCUT2D eigenvalue weighted by atomic mass is 9.89. The van der Waals surface area contributed by atoms with E-state index in [1.165, 1.54) is 43.4 Å². The number of hydrogen-bond acceptors (Lipinski definition) is 3. The van der Waals surface area contributed by atoms with Crippen molar-refractivity contribution < 1.29 is 4.79 Å². The second kappa shape index (κ2) is 5.63. The Morgan fingerprint density at radius 2 is 2.06 bits per heavy atom. The van der Waals surface area contributed by atoms with Crippen LogP contribution in [0.2, 0.25) is 0 Å². The highest BCUT2D eigenvalue weighted by molar-refractivity contribution is 7.13. The Morgan fingerprint density at radius 1 is 1.35 bits per heavy atom. The van der Waals surface area contributed by atoms with Gasteiger partial charge in [-0.1, -0.05) is 19.3 Å². The second-order valence-corrected chi connectivity index (χ2v) is 6.06. The van der Waals surface area contributed by atoms with E-state index >= 15 is 0 Å². The summed E-state index contributed by atoms with van der Waals surface area (Å²) in [6, 6.07) is 0. The predicted octanol–water partition coefficient (Wildman–Crippen LogP) is 3.07. The Labute approximate surface area is 107 Å². The number of aromatic nitrogens is 1. The van der Waals surface area contributed by atoms with Crippen LogP contribution in [-0.2, 0) is 0 Å². The molecule has 1 aliphatic carbocycles. The van der Waals surface area contributed by atoms with Gasteiger partial charge in [0.2, 0.25) is 0 Å². The fourth-order valence-corrected chi connectivity index (χ4v) is 3.29. The summed E-state index contributed by atoms with van der Waals surface area (Å²) in [6.07, 6.45) is 6.53. The number of thiazole rings is 1. The summed E-state index contributed by atoms with van der Waals surface area (Å²) in [5, 5.41) is 4.02. The van der Waals surface area contributed by atoms with Gasteiger partial charge in [-0.05, 0) is 32.6 Å². The molecule has 1 aromatic heterocycles. The minimum Gasteiger partial charge on any atom is -0.351 e. The Hall–Kier alpha value is -0.900. The summed E-state index contributed by atoms with van der Waals surface area (Å²) >= 11 is 1.49. The summed E-state index contributed by atoms with van der Waals surface area (Å²) in [5.41, 5.74) is 0.855. The number of amides is 1. The van der Waals surface area contributed by atoms with Gasteiger partial charge in [0.1, 0.15) is 4.88 Å². The number of aryl methyl sites for hydroxylation is 2. The first-order valence-corrected chi connectivity index (χ1v) is 7.20. The maximum Gasteiger partial charge on any atom is 0.263 e. The summed E-state index contributed by atoms with van der Waals surface area (Å²) in [7, 11) is 0. The number of rotatable bonds is 3. The summed E-state index contributed by atoms with van der Waals surface area (Å²) < 4.78 is 0. The van der Waals surface area contributed by atoms with Crippen molar-refractivity contribution in [3.8, 4) is 0 Å². The molecule has 1 aliphatic rings. The van der Waals surface area contributed by atoms with E-state index in [-0.39, 0.29) is 5.91 Å². The third-order valence-corrected chi connectivity index (χ3v) is 4.46. The lowest BCUT2D eigenvalue weighted by molar-refractivity contribution is 0.0947. The lowest BCUT2D eigenvalue weighted by Gasteiger charge is -2.21. The van der Waals surface area contributed by atoms with E-state index in [0.29, 0.717) is 5.92 Å².